The van der Waals surface area contributed by atoms with Crippen LogP contribution in [0.5, 0.6) is 0 Å². The lowest BCUT2D eigenvalue weighted by Gasteiger charge is -2.14. The van der Waals surface area contributed by atoms with Gasteiger partial charge in [0.25, 0.3) is 15.9 Å². The summed E-state index contributed by atoms with van der Waals surface area (Å²) in [5, 5.41) is 2.93. The number of sulfonamides is 1. The van der Waals surface area contributed by atoms with E-state index in [-0.39, 0.29) is 16.4 Å². The van der Waals surface area contributed by atoms with Gasteiger partial charge in [0.05, 0.1) is 4.90 Å². The number of benzene rings is 3. The molecule has 3 aromatic rings. The van der Waals surface area contributed by atoms with Gasteiger partial charge in [-0.05, 0) is 61.7 Å². The molecule has 2 N–H and O–H groups in total. The predicted octanol–water partition coefficient (Wildman–Crippen LogP) is 4.92. The minimum atomic E-state index is -3.81. The number of rotatable bonds is 6. The van der Waals surface area contributed by atoms with Crippen molar-refractivity contribution in [3.05, 3.63) is 89.0 Å². The van der Waals surface area contributed by atoms with E-state index in [0.29, 0.717) is 5.69 Å². The van der Waals surface area contributed by atoms with Gasteiger partial charge in [-0.15, -0.1) is 0 Å². The highest BCUT2D eigenvalue weighted by molar-refractivity contribution is 7.92. The van der Waals surface area contributed by atoms with E-state index in [0.717, 1.165) is 28.8 Å². The fraction of sp³-hybridized carbons (Fsp3) is 0.174. The van der Waals surface area contributed by atoms with E-state index in [4.69, 9.17) is 0 Å². The molecule has 0 radical (unpaired) electrons. The number of carbonyl (C=O) groups excluding carboxylic acids is 1. The monoisotopic (exact) mass is 408 g/mol. The third kappa shape index (κ3) is 4.84. The third-order valence-corrected chi connectivity index (χ3v) is 6.07. The quantitative estimate of drug-likeness (QED) is 0.608. The zero-order valence-electron chi connectivity index (χ0n) is 16.7. The van der Waals surface area contributed by atoms with Crippen molar-refractivity contribution in [2.45, 2.75) is 32.1 Å². The second-order valence-electron chi connectivity index (χ2n) is 6.92. The van der Waals surface area contributed by atoms with Crippen molar-refractivity contribution >= 4 is 27.3 Å². The Labute approximate surface area is 171 Å². The van der Waals surface area contributed by atoms with Crippen molar-refractivity contribution in [3.63, 3.8) is 0 Å². The van der Waals surface area contributed by atoms with Gasteiger partial charge in [-0.25, -0.2) is 8.42 Å². The van der Waals surface area contributed by atoms with Crippen LogP contribution >= 0.6 is 0 Å². The van der Waals surface area contributed by atoms with Crippen molar-refractivity contribution in [2.75, 3.05) is 10.0 Å². The van der Waals surface area contributed by atoms with E-state index in [1.54, 1.807) is 24.3 Å². The molecule has 6 heteroatoms. The second kappa shape index (κ2) is 8.49. The Morgan fingerprint density at radius 3 is 2.31 bits per heavy atom. The molecule has 0 aliphatic carbocycles. The molecule has 150 valence electrons. The predicted molar refractivity (Wildman–Crippen MR) is 117 cm³/mol. The van der Waals surface area contributed by atoms with Crippen LogP contribution in [0.3, 0.4) is 0 Å². The molecule has 0 saturated heterocycles. The lowest BCUT2D eigenvalue weighted by molar-refractivity contribution is 0.102. The van der Waals surface area contributed by atoms with Crippen LogP contribution in [0.1, 0.15) is 34.0 Å². The molecular formula is C23H24N2O3S. The summed E-state index contributed by atoms with van der Waals surface area (Å²) in [4.78, 5) is 12.8. The minimum absolute atomic E-state index is 0.0335. The average molecular weight is 409 g/mol. The molecule has 0 aromatic heterocycles. The highest BCUT2D eigenvalue weighted by atomic mass is 32.2. The molecule has 0 fully saturated rings. The van der Waals surface area contributed by atoms with Gasteiger partial charge in [0, 0.05) is 16.9 Å². The summed E-state index contributed by atoms with van der Waals surface area (Å²) in [7, 11) is -3.81. The summed E-state index contributed by atoms with van der Waals surface area (Å²) in [6.45, 7) is 5.88. The number of hydrogen-bond acceptors (Lipinski definition) is 3. The molecule has 5 nitrogen and oxygen atoms in total. The Hall–Kier alpha value is -3.12. The molecule has 3 rings (SSSR count). The van der Waals surface area contributed by atoms with Crippen molar-refractivity contribution in [1.82, 2.24) is 0 Å². The first-order chi connectivity index (χ1) is 13.8. The van der Waals surface area contributed by atoms with Crippen LogP contribution in [0.15, 0.2) is 71.6 Å². The lowest BCUT2D eigenvalue weighted by atomic mass is 10.1. The Morgan fingerprint density at radius 2 is 1.62 bits per heavy atom. The summed E-state index contributed by atoms with van der Waals surface area (Å²) in [5.41, 5.74) is 4.55. The number of amides is 1. The number of hydrogen-bond donors (Lipinski definition) is 2. The normalized spacial score (nSPS) is 11.1. The van der Waals surface area contributed by atoms with Crippen LogP contribution in [-0.2, 0) is 16.4 Å². The number of nitrogens with one attached hydrogen (secondary N) is 2. The molecule has 0 heterocycles. The Morgan fingerprint density at radius 1 is 0.931 bits per heavy atom. The number of anilines is 2. The highest BCUT2D eigenvalue weighted by Crippen LogP contribution is 2.23. The molecule has 0 bridgehead atoms. The van der Waals surface area contributed by atoms with Gasteiger partial charge in [-0.1, -0.05) is 48.9 Å². The SMILES string of the molecule is CCc1cccc(C)c1NC(=O)c1cccc(S(=O)(=O)Nc2ccc(C)cc2)c1. The molecule has 0 spiro atoms. The van der Waals surface area contributed by atoms with Crippen LogP contribution in [0.2, 0.25) is 0 Å². The van der Waals surface area contributed by atoms with Crippen molar-refractivity contribution in [1.29, 1.82) is 0 Å². The largest absolute Gasteiger partial charge is 0.321 e. The Balaban J connectivity index is 1.85. The summed E-state index contributed by atoms with van der Waals surface area (Å²) in [6, 6.07) is 18.9. The maximum Gasteiger partial charge on any atom is 0.261 e. The molecule has 1 amide bonds. The van der Waals surface area contributed by atoms with Crippen LogP contribution < -0.4 is 10.0 Å². The molecule has 0 saturated carbocycles. The van der Waals surface area contributed by atoms with E-state index in [1.165, 1.54) is 12.1 Å². The van der Waals surface area contributed by atoms with Gasteiger partial charge in [0.1, 0.15) is 0 Å². The van der Waals surface area contributed by atoms with E-state index < -0.39 is 10.0 Å². The fourth-order valence-electron chi connectivity index (χ4n) is 3.03. The fourth-order valence-corrected chi connectivity index (χ4v) is 4.13. The van der Waals surface area contributed by atoms with Gasteiger partial charge in [-0.2, -0.15) is 0 Å². The first-order valence-corrected chi connectivity index (χ1v) is 10.9. The van der Waals surface area contributed by atoms with Gasteiger partial charge in [0.2, 0.25) is 0 Å². The van der Waals surface area contributed by atoms with Gasteiger partial charge >= 0.3 is 0 Å². The first-order valence-electron chi connectivity index (χ1n) is 9.39. The number of para-hydroxylation sites is 1. The zero-order chi connectivity index (χ0) is 21.0. The Bertz CT molecular complexity index is 1140. The second-order valence-corrected chi connectivity index (χ2v) is 8.60. The molecule has 0 unspecified atom stereocenters. The smallest absolute Gasteiger partial charge is 0.261 e. The van der Waals surface area contributed by atoms with Crippen LogP contribution in [0.4, 0.5) is 11.4 Å². The zero-order valence-corrected chi connectivity index (χ0v) is 17.5. The number of aryl methyl sites for hydroxylation is 3. The van der Waals surface area contributed by atoms with Crippen LogP contribution in [0, 0.1) is 13.8 Å². The van der Waals surface area contributed by atoms with E-state index >= 15 is 0 Å². The van der Waals surface area contributed by atoms with Crippen LogP contribution in [0.25, 0.3) is 0 Å². The third-order valence-electron chi connectivity index (χ3n) is 4.69. The van der Waals surface area contributed by atoms with Gasteiger partial charge in [0.15, 0.2) is 0 Å². The molecule has 0 aliphatic rings. The summed E-state index contributed by atoms with van der Waals surface area (Å²) in [6.07, 6.45) is 0.784. The van der Waals surface area contributed by atoms with Crippen molar-refractivity contribution in [3.8, 4) is 0 Å². The average Bonchev–Trinajstić information content (AvgIpc) is 2.71. The first kappa shape index (κ1) is 20.6. The molecule has 29 heavy (non-hydrogen) atoms. The highest BCUT2D eigenvalue weighted by Gasteiger charge is 2.17. The lowest BCUT2D eigenvalue weighted by Crippen LogP contribution is -2.17. The van der Waals surface area contributed by atoms with Gasteiger partial charge in [-0.3, -0.25) is 9.52 Å². The summed E-state index contributed by atoms with van der Waals surface area (Å²) < 4.78 is 28.0. The molecular weight excluding hydrogens is 384 g/mol. The minimum Gasteiger partial charge on any atom is -0.321 e. The van der Waals surface area contributed by atoms with E-state index in [9.17, 15) is 13.2 Å². The van der Waals surface area contributed by atoms with E-state index in [1.807, 2.05) is 51.1 Å². The van der Waals surface area contributed by atoms with E-state index in [2.05, 4.69) is 10.0 Å². The number of carbonyl (C=O) groups is 1. The topological polar surface area (TPSA) is 75.3 Å². The summed E-state index contributed by atoms with van der Waals surface area (Å²) >= 11 is 0. The molecule has 3 aromatic carbocycles. The standard InChI is InChI=1S/C23H24N2O3S/c1-4-18-8-5-7-17(3)22(18)24-23(26)19-9-6-10-21(15-19)29(27,28)25-20-13-11-16(2)12-14-20/h5-15,25H,4H2,1-3H3,(H,24,26). The molecule has 0 aliphatic heterocycles. The maximum absolute atomic E-state index is 12.8. The molecule has 0 atom stereocenters. The maximum atomic E-state index is 12.8. The summed E-state index contributed by atoms with van der Waals surface area (Å²) in [5.74, 6) is -0.346. The Kier molecular flexibility index (Phi) is 6.03. The van der Waals surface area contributed by atoms with Crippen molar-refractivity contribution < 1.29 is 13.2 Å². The van der Waals surface area contributed by atoms with Crippen LogP contribution in [-0.4, -0.2) is 14.3 Å². The van der Waals surface area contributed by atoms with Crippen molar-refractivity contribution in [2.24, 2.45) is 0 Å². The van der Waals surface area contributed by atoms with Gasteiger partial charge < -0.3 is 5.32 Å².